The Balaban J connectivity index is 2.40. The van der Waals surface area contributed by atoms with Gasteiger partial charge in [0.2, 0.25) is 11.8 Å². The van der Waals surface area contributed by atoms with Crippen molar-refractivity contribution in [1.82, 2.24) is 10.2 Å². The smallest absolute Gasteiger partial charge is 0.224 e. The molecular formula is C16H23FN2O2. The highest BCUT2D eigenvalue weighted by Gasteiger charge is 2.14. The zero-order chi connectivity index (χ0) is 15.8. The Morgan fingerprint density at radius 1 is 1.38 bits per heavy atom. The Labute approximate surface area is 125 Å². The molecule has 0 fully saturated rings. The molecule has 0 bridgehead atoms. The van der Waals surface area contributed by atoms with Crippen molar-refractivity contribution in [3.05, 3.63) is 35.6 Å². The van der Waals surface area contributed by atoms with Crippen LogP contribution in [-0.4, -0.2) is 35.8 Å². The van der Waals surface area contributed by atoms with E-state index in [1.165, 1.54) is 19.1 Å². The van der Waals surface area contributed by atoms with E-state index >= 15 is 0 Å². The summed E-state index contributed by atoms with van der Waals surface area (Å²) >= 11 is 0. The minimum absolute atomic E-state index is 0.00345. The third kappa shape index (κ3) is 5.94. The van der Waals surface area contributed by atoms with Crippen LogP contribution in [0.5, 0.6) is 0 Å². The van der Waals surface area contributed by atoms with Crippen LogP contribution in [-0.2, 0) is 16.0 Å². The van der Waals surface area contributed by atoms with Gasteiger partial charge in [0.25, 0.3) is 0 Å². The summed E-state index contributed by atoms with van der Waals surface area (Å²) in [5.74, 6) is -0.517. The fraction of sp³-hybridized carbons (Fsp3) is 0.500. The Morgan fingerprint density at radius 2 is 2.10 bits per heavy atom. The molecule has 116 valence electrons. The van der Waals surface area contributed by atoms with Crippen LogP contribution < -0.4 is 5.32 Å². The van der Waals surface area contributed by atoms with E-state index in [2.05, 4.69) is 5.32 Å². The van der Waals surface area contributed by atoms with Crippen molar-refractivity contribution in [2.45, 2.75) is 39.7 Å². The molecule has 1 rings (SSSR count). The first-order valence-corrected chi connectivity index (χ1v) is 7.22. The number of nitrogens with one attached hydrogen (secondary N) is 1. The van der Waals surface area contributed by atoms with E-state index in [1.54, 1.807) is 17.0 Å². The molecule has 0 aliphatic rings. The van der Waals surface area contributed by atoms with Crippen molar-refractivity contribution in [2.75, 3.05) is 13.1 Å². The van der Waals surface area contributed by atoms with Crippen LogP contribution in [0.4, 0.5) is 4.39 Å². The number of hydrogen-bond acceptors (Lipinski definition) is 2. The molecular weight excluding hydrogens is 271 g/mol. The van der Waals surface area contributed by atoms with Crippen LogP contribution in [0.15, 0.2) is 24.3 Å². The Hall–Kier alpha value is -1.91. The number of halogens is 1. The summed E-state index contributed by atoms with van der Waals surface area (Å²) in [6.07, 6.45) is 1.01. The maximum atomic E-state index is 13.0. The molecule has 1 aromatic rings. The zero-order valence-electron chi connectivity index (χ0n) is 12.9. The fourth-order valence-corrected chi connectivity index (χ4v) is 2.12. The lowest BCUT2D eigenvalue weighted by Gasteiger charge is -2.27. The van der Waals surface area contributed by atoms with E-state index in [9.17, 15) is 14.0 Å². The topological polar surface area (TPSA) is 49.4 Å². The lowest BCUT2D eigenvalue weighted by atomic mass is 10.1. The molecule has 1 N–H and O–H groups in total. The van der Waals surface area contributed by atoms with E-state index in [0.29, 0.717) is 18.7 Å². The number of carbonyl (C=O) groups is 2. The minimum Gasteiger partial charge on any atom is -0.354 e. The van der Waals surface area contributed by atoms with E-state index in [1.807, 2.05) is 13.8 Å². The molecule has 5 heteroatoms. The van der Waals surface area contributed by atoms with Crippen molar-refractivity contribution in [2.24, 2.45) is 0 Å². The second-order valence-corrected chi connectivity index (χ2v) is 5.13. The maximum Gasteiger partial charge on any atom is 0.224 e. The molecule has 0 saturated carbocycles. The van der Waals surface area contributed by atoms with Gasteiger partial charge in [-0.15, -0.1) is 0 Å². The van der Waals surface area contributed by atoms with Crippen LogP contribution >= 0.6 is 0 Å². The first kappa shape index (κ1) is 17.1. The van der Waals surface area contributed by atoms with Gasteiger partial charge in [-0.05, 0) is 31.0 Å². The highest BCUT2D eigenvalue weighted by Crippen LogP contribution is 2.05. The van der Waals surface area contributed by atoms with Crippen molar-refractivity contribution < 1.29 is 14.0 Å². The average Bonchev–Trinajstić information content (AvgIpc) is 2.42. The molecule has 4 nitrogen and oxygen atoms in total. The summed E-state index contributed by atoms with van der Waals surface area (Å²) in [4.78, 5) is 25.0. The predicted octanol–water partition coefficient (Wildman–Crippen LogP) is 2.13. The highest BCUT2D eigenvalue weighted by molar-refractivity contribution is 5.78. The molecule has 0 spiro atoms. The molecule has 0 heterocycles. The molecule has 0 aromatic heterocycles. The number of carbonyl (C=O) groups excluding carboxylic acids is 2. The second-order valence-electron chi connectivity index (χ2n) is 5.13. The number of nitrogens with zero attached hydrogens (tertiary/aromatic N) is 1. The van der Waals surface area contributed by atoms with Crippen LogP contribution in [0.3, 0.4) is 0 Å². The first-order valence-electron chi connectivity index (χ1n) is 7.22. The van der Waals surface area contributed by atoms with Crippen molar-refractivity contribution >= 4 is 11.8 Å². The largest absolute Gasteiger partial charge is 0.354 e. The van der Waals surface area contributed by atoms with Gasteiger partial charge in [0.15, 0.2) is 0 Å². The van der Waals surface area contributed by atoms with Gasteiger partial charge < -0.3 is 10.2 Å². The average molecular weight is 294 g/mol. The van der Waals surface area contributed by atoms with Gasteiger partial charge in [-0.3, -0.25) is 9.59 Å². The molecule has 1 unspecified atom stereocenters. The van der Waals surface area contributed by atoms with Gasteiger partial charge in [-0.2, -0.15) is 0 Å². The summed E-state index contributed by atoms with van der Waals surface area (Å²) in [5.41, 5.74) is 0.637. The van der Waals surface area contributed by atoms with Gasteiger partial charge >= 0.3 is 0 Å². The summed E-state index contributed by atoms with van der Waals surface area (Å²) in [6.45, 7) is 6.41. The standard InChI is InChI=1S/C16H23FN2O2/c1-4-12(2)19(13(3)20)9-8-18-16(21)11-14-6-5-7-15(17)10-14/h5-7,10,12H,4,8-9,11H2,1-3H3,(H,18,21). The van der Waals surface area contributed by atoms with Gasteiger partial charge in [0.1, 0.15) is 5.82 Å². The summed E-state index contributed by atoms with van der Waals surface area (Å²) < 4.78 is 13.0. The Morgan fingerprint density at radius 3 is 2.67 bits per heavy atom. The van der Waals surface area contributed by atoms with Crippen LogP contribution in [0, 0.1) is 5.82 Å². The zero-order valence-corrected chi connectivity index (χ0v) is 12.9. The lowest BCUT2D eigenvalue weighted by Crippen LogP contribution is -2.42. The first-order chi connectivity index (χ1) is 9.93. The van der Waals surface area contributed by atoms with E-state index in [-0.39, 0.29) is 30.1 Å². The third-order valence-corrected chi connectivity index (χ3v) is 3.46. The monoisotopic (exact) mass is 294 g/mol. The van der Waals surface area contributed by atoms with Crippen molar-refractivity contribution in [3.63, 3.8) is 0 Å². The van der Waals surface area contributed by atoms with E-state index in [0.717, 1.165) is 6.42 Å². The molecule has 0 radical (unpaired) electrons. The molecule has 21 heavy (non-hydrogen) atoms. The van der Waals surface area contributed by atoms with Crippen LogP contribution in [0.2, 0.25) is 0 Å². The lowest BCUT2D eigenvalue weighted by molar-refractivity contribution is -0.131. The highest BCUT2D eigenvalue weighted by atomic mass is 19.1. The summed E-state index contributed by atoms with van der Waals surface area (Å²) in [5, 5.41) is 2.76. The van der Waals surface area contributed by atoms with Gasteiger partial charge in [0.05, 0.1) is 6.42 Å². The number of benzene rings is 1. The Bertz CT molecular complexity index is 491. The maximum absolute atomic E-state index is 13.0. The SMILES string of the molecule is CCC(C)N(CCNC(=O)Cc1cccc(F)c1)C(C)=O. The molecule has 0 saturated heterocycles. The van der Waals surface area contributed by atoms with Gasteiger partial charge in [-0.25, -0.2) is 4.39 Å². The van der Waals surface area contributed by atoms with Crippen molar-refractivity contribution in [1.29, 1.82) is 0 Å². The molecule has 0 aliphatic heterocycles. The molecule has 0 aliphatic carbocycles. The third-order valence-electron chi connectivity index (χ3n) is 3.46. The molecule has 1 atom stereocenters. The summed E-state index contributed by atoms with van der Waals surface area (Å²) in [6, 6.07) is 6.14. The summed E-state index contributed by atoms with van der Waals surface area (Å²) in [7, 11) is 0. The minimum atomic E-state index is -0.347. The van der Waals surface area contributed by atoms with Gasteiger partial charge in [0, 0.05) is 26.1 Å². The fourth-order valence-electron chi connectivity index (χ4n) is 2.12. The number of amides is 2. The number of hydrogen-bond donors (Lipinski definition) is 1. The van der Waals surface area contributed by atoms with E-state index in [4.69, 9.17) is 0 Å². The van der Waals surface area contributed by atoms with Crippen molar-refractivity contribution in [3.8, 4) is 0 Å². The van der Waals surface area contributed by atoms with Crippen LogP contribution in [0.25, 0.3) is 0 Å². The van der Waals surface area contributed by atoms with E-state index < -0.39 is 0 Å². The normalized spacial score (nSPS) is 11.8. The second kappa shape index (κ2) is 8.39. The Kier molecular flexibility index (Phi) is 6.85. The van der Waals surface area contributed by atoms with Crippen LogP contribution in [0.1, 0.15) is 32.8 Å². The van der Waals surface area contributed by atoms with Gasteiger partial charge in [-0.1, -0.05) is 19.1 Å². The predicted molar refractivity (Wildman–Crippen MR) is 80.3 cm³/mol. The number of rotatable bonds is 7. The molecule has 2 amide bonds. The molecule has 1 aromatic carbocycles. The quantitative estimate of drug-likeness (QED) is 0.837.